The highest BCUT2D eigenvalue weighted by Crippen LogP contribution is 2.29. The van der Waals surface area contributed by atoms with Gasteiger partial charge in [0.05, 0.1) is 0 Å². The van der Waals surface area contributed by atoms with Crippen LogP contribution in [0.3, 0.4) is 0 Å². The first-order valence-electron chi connectivity index (χ1n) is 8.91. The molecule has 1 amide bonds. The summed E-state index contributed by atoms with van der Waals surface area (Å²) >= 11 is 0. The summed E-state index contributed by atoms with van der Waals surface area (Å²) in [5, 5.41) is 9.25. The van der Waals surface area contributed by atoms with Gasteiger partial charge in [-0.15, -0.1) is 0 Å². The molecule has 0 radical (unpaired) electrons. The van der Waals surface area contributed by atoms with E-state index < -0.39 is 0 Å². The molecular formula is C17H30N2O2. The van der Waals surface area contributed by atoms with E-state index in [9.17, 15) is 9.90 Å². The largest absolute Gasteiger partial charge is 0.396 e. The Kier molecular flexibility index (Phi) is 5.17. The van der Waals surface area contributed by atoms with E-state index in [4.69, 9.17) is 0 Å². The van der Waals surface area contributed by atoms with Crippen LogP contribution in [-0.2, 0) is 4.79 Å². The zero-order valence-electron chi connectivity index (χ0n) is 13.2. The Bertz CT molecular complexity index is 347. The van der Waals surface area contributed by atoms with Crippen molar-refractivity contribution in [3.8, 4) is 0 Å². The summed E-state index contributed by atoms with van der Waals surface area (Å²) in [5.74, 6) is 1.26. The lowest BCUT2D eigenvalue weighted by molar-refractivity contribution is -0.137. The molecule has 21 heavy (non-hydrogen) atoms. The van der Waals surface area contributed by atoms with E-state index in [0.717, 1.165) is 58.3 Å². The molecule has 4 nitrogen and oxygen atoms in total. The molecule has 2 heterocycles. The molecule has 4 heteroatoms. The van der Waals surface area contributed by atoms with Gasteiger partial charge in [-0.25, -0.2) is 0 Å². The fourth-order valence-electron chi connectivity index (χ4n) is 4.38. The summed E-state index contributed by atoms with van der Waals surface area (Å²) in [5.41, 5.74) is 0. The predicted molar refractivity (Wildman–Crippen MR) is 82.9 cm³/mol. The fourth-order valence-corrected chi connectivity index (χ4v) is 4.38. The van der Waals surface area contributed by atoms with Gasteiger partial charge in [0.25, 0.3) is 0 Å². The Morgan fingerprint density at radius 2 is 1.67 bits per heavy atom. The van der Waals surface area contributed by atoms with Crippen molar-refractivity contribution in [3.05, 3.63) is 0 Å². The van der Waals surface area contributed by atoms with Gasteiger partial charge < -0.3 is 10.0 Å². The number of aliphatic hydroxyl groups is 1. The summed E-state index contributed by atoms with van der Waals surface area (Å²) in [6.45, 7) is 4.45. The second-order valence-corrected chi connectivity index (χ2v) is 7.22. The van der Waals surface area contributed by atoms with Crippen LogP contribution in [0.4, 0.5) is 0 Å². The van der Waals surface area contributed by atoms with Crippen LogP contribution in [-0.4, -0.2) is 59.6 Å². The molecule has 3 fully saturated rings. The van der Waals surface area contributed by atoms with Crippen molar-refractivity contribution >= 4 is 5.91 Å². The molecule has 1 saturated carbocycles. The summed E-state index contributed by atoms with van der Waals surface area (Å²) in [4.78, 5) is 17.3. The molecule has 1 atom stereocenters. The standard InChI is InChI=1S/C17H30N2O2/c20-13-14-7-10-18(11-8-14)16-6-3-9-19(12-16)17(21)15-4-1-2-5-15/h14-16,20H,1-13H2. The summed E-state index contributed by atoms with van der Waals surface area (Å²) in [6.07, 6.45) is 9.32. The first-order chi connectivity index (χ1) is 10.3. The minimum atomic E-state index is 0.323. The molecule has 3 aliphatic rings. The van der Waals surface area contributed by atoms with E-state index in [2.05, 4.69) is 9.80 Å². The van der Waals surface area contributed by atoms with Crippen LogP contribution in [0, 0.1) is 11.8 Å². The van der Waals surface area contributed by atoms with Crippen LogP contribution in [0.5, 0.6) is 0 Å². The Morgan fingerprint density at radius 1 is 0.952 bits per heavy atom. The molecule has 0 spiro atoms. The minimum absolute atomic E-state index is 0.323. The van der Waals surface area contributed by atoms with Gasteiger partial charge in [-0.2, -0.15) is 0 Å². The second-order valence-electron chi connectivity index (χ2n) is 7.22. The lowest BCUT2D eigenvalue weighted by Crippen LogP contribution is -2.52. The monoisotopic (exact) mass is 294 g/mol. The Labute approximate surface area is 128 Å². The highest BCUT2D eigenvalue weighted by atomic mass is 16.3. The van der Waals surface area contributed by atoms with Gasteiger partial charge in [0.2, 0.25) is 5.91 Å². The summed E-state index contributed by atoms with van der Waals surface area (Å²) in [7, 11) is 0. The maximum Gasteiger partial charge on any atom is 0.225 e. The predicted octanol–water partition coefficient (Wildman–Crippen LogP) is 1.87. The summed E-state index contributed by atoms with van der Waals surface area (Å²) < 4.78 is 0. The molecule has 1 aliphatic carbocycles. The van der Waals surface area contributed by atoms with Crippen molar-refractivity contribution in [1.82, 2.24) is 9.80 Å². The van der Waals surface area contributed by atoms with Gasteiger partial charge >= 0.3 is 0 Å². The van der Waals surface area contributed by atoms with E-state index in [1.54, 1.807) is 0 Å². The van der Waals surface area contributed by atoms with E-state index in [1.807, 2.05) is 0 Å². The quantitative estimate of drug-likeness (QED) is 0.864. The Morgan fingerprint density at radius 3 is 2.33 bits per heavy atom. The average Bonchev–Trinajstić information content (AvgIpc) is 3.09. The topological polar surface area (TPSA) is 43.8 Å². The zero-order chi connectivity index (χ0) is 14.7. The molecule has 0 aromatic rings. The Hall–Kier alpha value is -0.610. The molecule has 2 saturated heterocycles. The molecule has 120 valence electrons. The lowest BCUT2D eigenvalue weighted by Gasteiger charge is -2.42. The third kappa shape index (κ3) is 3.59. The SMILES string of the molecule is O=C(C1CCCC1)N1CCCC(N2CCC(CO)CC2)C1. The van der Waals surface area contributed by atoms with Crippen LogP contribution in [0.1, 0.15) is 51.4 Å². The number of carbonyl (C=O) groups excluding carboxylic acids is 1. The maximum atomic E-state index is 12.6. The van der Waals surface area contributed by atoms with Gasteiger partial charge in [0.15, 0.2) is 0 Å². The van der Waals surface area contributed by atoms with Crippen molar-refractivity contribution in [3.63, 3.8) is 0 Å². The van der Waals surface area contributed by atoms with Gasteiger partial charge in [-0.1, -0.05) is 12.8 Å². The van der Waals surface area contributed by atoms with E-state index in [-0.39, 0.29) is 0 Å². The summed E-state index contributed by atoms with van der Waals surface area (Å²) in [6, 6.07) is 0.559. The van der Waals surface area contributed by atoms with Crippen molar-refractivity contribution < 1.29 is 9.90 Å². The third-order valence-corrected chi connectivity index (χ3v) is 5.84. The molecular weight excluding hydrogens is 264 g/mol. The van der Waals surface area contributed by atoms with Crippen LogP contribution in [0.25, 0.3) is 0 Å². The Balaban J connectivity index is 1.52. The number of rotatable bonds is 3. The second kappa shape index (κ2) is 7.10. The number of hydrogen-bond acceptors (Lipinski definition) is 3. The number of nitrogens with zero attached hydrogens (tertiary/aromatic N) is 2. The highest BCUT2D eigenvalue weighted by Gasteiger charge is 2.33. The molecule has 0 bridgehead atoms. The van der Waals surface area contributed by atoms with Gasteiger partial charge in [-0.3, -0.25) is 9.69 Å². The average molecular weight is 294 g/mol. The van der Waals surface area contributed by atoms with E-state index in [1.165, 1.54) is 19.3 Å². The van der Waals surface area contributed by atoms with E-state index >= 15 is 0 Å². The third-order valence-electron chi connectivity index (χ3n) is 5.84. The number of hydrogen-bond donors (Lipinski definition) is 1. The van der Waals surface area contributed by atoms with Gasteiger partial charge in [0.1, 0.15) is 0 Å². The normalized spacial score (nSPS) is 30.0. The highest BCUT2D eigenvalue weighted by molar-refractivity contribution is 5.79. The molecule has 1 N–H and O–H groups in total. The smallest absolute Gasteiger partial charge is 0.225 e. The number of carbonyl (C=O) groups is 1. The first kappa shape index (κ1) is 15.3. The van der Waals surface area contributed by atoms with Gasteiger partial charge in [0, 0.05) is 31.7 Å². The first-order valence-corrected chi connectivity index (χ1v) is 8.91. The van der Waals surface area contributed by atoms with Crippen LogP contribution < -0.4 is 0 Å². The van der Waals surface area contributed by atoms with Crippen LogP contribution >= 0.6 is 0 Å². The fraction of sp³-hybridized carbons (Fsp3) is 0.941. The van der Waals surface area contributed by atoms with Crippen LogP contribution in [0.15, 0.2) is 0 Å². The number of amides is 1. The molecule has 2 aliphatic heterocycles. The number of likely N-dealkylation sites (tertiary alicyclic amines) is 2. The van der Waals surface area contributed by atoms with Crippen molar-refractivity contribution in [2.75, 3.05) is 32.8 Å². The van der Waals surface area contributed by atoms with Crippen molar-refractivity contribution in [2.45, 2.75) is 57.4 Å². The molecule has 0 aromatic heterocycles. The number of piperidine rings is 2. The lowest BCUT2D eigenvalue weighted by atomic mass is 9.94. The number of aliphatic hydroxyl groups excluding tert-OH is 1. The molecule has 0 aromatic carbocycles. The molecule has 3 rings (SSSR count). The van der Waals surface area contributed by atoms with E-state index in [0.29, 0.717) is 30.4 Å². The zero-order valence-corrected chi connectivity index (χ0v) is 13.2. The minimum Gasteiger partial charge on any atom is -0.396 e. The maximum absolute atomic E-state index is 12.6. The van der Waals surface area contributed by atoms with Crippen molar-refractivity contribution in [1.29, 1.82) is 0 Å². The molecule has 1 unspecified atom stereocenters. The van der Waals surface area contributed by atoms with Crippen molar-refractivity contribution in [2.24, 2.45) is 11.8 Å². The van der Waals surface area contributed by atoms with Crippen LogP contribution in [0.2, 0.25) is 0 Å². The van der Waals surface area contributed by atoms with Gasteiger partial charge in [-0.05, 0) is 57.5 Å².